The van der Waals surface area contributed by atoms with Crippen LogP contribution in [0.1, 0.15) is 43.7 Å². The van der Waals surface area contributed by atoms with E-state index >= 15 is 0 Å². The van der Waals surface area contributed by atoms with Crippen molar-refractivity contribution in [1.82, 2.24) is 0 Å². The SMILES string of the molecule is CCCc1ccc(C(O)(CC(=O)O)C2CC2)cc1. The minimum atomic E-state index is -1.18. The molecule has 1 saturated carbocycles. The van der Waals surface area contributed by atoms with Gasteiger partial charge in [0, 0.05) is 0 Å². The van der Waals surface area contributed by atoms with Gasteiger partial charge in [-0.3, -0.25) is 4.79 Å². The normalized spacial score (nSPS) is 18.3. The van der Waals surface area contributed by atoms with Crippen LogP contribution in [0.2, 0.25) is 0 Å². The minimum absolute atomic E-state index is 0.102. The highest BCUT2D eigenvalue weighted by Gasteiger charge is 2.46. The third-order valence-electron chi connectivity index (χ3n) is 3.67. The standard InChI is InChI=1S/C15H20O3/c1-2-3-11-4-6-12(7-5-11)15(18,10-14(16)17)13-8-9-13/h4-7,13,18H,2-3,8-10H2,1H3,(H,16,17). The van der Waals surface area contributed by atoms with Crippen molar-refractivity contribution < 1.29 is 15.0 Å². The van der Waals surface area contributed by atoms with Crippen molar-refractivity contribution in [2.24, 2.45) is 5.92 Å². The van der Waals surface area contributed by atoms with Crippen LogP contribution in [-0.2, 0) is 16.8 Å². The maximum atomic E-state index is 10.9. The average molecular weight is 248 g/mol. The summed E-state index contributed by atoms with van der Waals surface area (Å²) in [6, 6.07) is 7.75. The lowest BCUT2D eigenvalue weighted by Gasteiger charge is -2.27. The van der Waals surface area contributed by atoms with Gasteiger partial charge in [0.15, 0.2) is 0 Å². The van der Waals surface area contributed by atoms with Crippen molar-refractivity contribution in [1.29, 1.82) is 0 Å². The van der Waals surface area contributed by atoms with Crippen LogP contribution in [0.4, 0.5) is 0 Å². The first kappa shape index (κ1) is 13.1. The fraction of sp³-hybridized carbons (Fsp3) is 0.533. The third kappa shape index (κ3) is 2.72. The van der Waals surface area contributed by atoms with Crippen molar-refractivity contribution in [3.8, 4) is 0 Å². The highest BCUT2D eigenvalue weighted by Crippen LogP contribution is 2.47. The van der Waals surface area contributed by atoms with E-state index in [1.807, 2.05) is 24.3 Å². The van der Waals surface area contributed by atoms with Crippen molar-refractivity contribution >= 4 is 5.97 Å². The molecule has 0 heterocycles. The average Bonchev–Trinajstić information content (AvgIpc) is 3.13. The van der Waals surface area contributed by atoms with Gasteiger partial charge in [-0.2, -0.15) is 0 Å². The van der Waals surface area contributed by atoms with Crippen LogP contribution in [0.5, 0.6) is 0 Å². The number of carboxylic acids is 1. The molecular formula is C15H20O3. The van der Waals surface area contributed by atoms with Crippen molar-refractivity contribution in [2.45, 2.75) is 44.6 Å². The number of carbonyl (C=O) groups is 1. The Bertz CT molecular complexity index is 420. The van der Waals surface area contributed by atoms with Crippen molar-refractivity contribution in [3.05, 3.63) is 35.4 Å². The highest BCUT2D eigenvalue weighted by atomic mass is 16.4. The molecule has 1 aromatic rings. The van der Waals surface area contributed by atoms with Gasteiger partial charge in [0.1, 0.15) is 5.60 Å². The maximum Gasteiger partial charge on any atom is 0.306 e. The highest BCUT2D eigenvalue weighted by molar-refractivity contribution is 5.68. The topological polar surface area (TPSA) is 57.5 Å². The summed E-state index contributed by atoms with van der Waals surface area (Å²) in [5.41, 5.74) is 0.790. The summed E-state index contributed by atoms with van der Waals surface area (Å²) in [4.78, 5) is 10.9. The van der Waals surface area contributed by atoms with E-state index < -0.39 is 11.6 Å². The number of rotatable bonds is 6. The molecule has 0 bridgehead atoms. The fourth-order valence-corrected chi connectivity index (χ4v) is 2.52. The summed E-state index contributed by atoms with van der Waals surface area (Å²) in [7, 11) is 0. The smallest absolute Gasteiger partial charge is 0.306 e. The minimum Gasteiger partial charge on any atom is -0.481 e. The van der Waals surface area contributed by atoms with E-state index in [-0.39, 0.29) is 12.3 Å². The molecular weight excluding hydrogens is 228 g/mol. The molecule has 1 aliphatic rings. The number of hydrogen-bond donors (Lipinski definition) is 2. The van der Waals surface area contributed by atoms with Crippen molar-refractivity contribution in [3.63, 3.8) is 0 Å². The van der Waals surface area contributed by atoms with E-state index in [4.69, 9.17) is 5.11 Å². The molecule has 0 saturated heterocycles. The van der Waals surface area contributed by atoms with Crippen LogP contribution in [0.15, 0.2) is 24.3 Å². The van der Waals surface area contributed by atoms with Gasteiger partial charge < -0.3 is 10.2 Å². The Kier molecular flexibility index (Phi) is 3.71. The molecule has 98 valence electrons. The molecule has 18 heavy (non-hydrogen) atoms. The van der Waals surface area contributed by atoms with Gasteiger partial charge in [-0.1, -0.05) is 37.6 Å². The summed E-state index contributed by atoms with van der Waals surface area (Å²) < 4.78 is 0. The van der Waals surface area contributed by atoms with Gasteiger partial charge in [-0.05, 0) is 36.3 Å². The van der Waals surface area contributed by atoms with Crippen molar-refractivity contribution in [2.75, 3.05) is 0 Å². The van der Waals surface area contributed by atoms with Gasteiger partial charge >= 0.3 is 5.97 Å². The second-order valence-electron chi connectivity index (χ2n) is 5.22. The monoisotopic (exact) mass is 248 g/mol. The molecule has 2 N–H and O–H groups in total. The lowest BCUT2D eigenvalue weighted by molar-refractivity contribution is -0.144. The fourth-order valence-electron chi connectivity index (χ4n) is 2.52. The molecule has 1 unspecified atom stereocenters. The molecule has 3 heteroatoms. The molecule has 0 amide bonds. The van der Waals surface area contributed by atoms with Crippen LogP contribution in [0, 0.1) is 5.92 Å². The molecule has 1 fully saturated rings. The largest absolute Gasteiger partial charge is 0.481 e. The molecule has 1 aromatic carbocycles. The van der Waals surface area contributed by atoms with E-state index in [1.54, 1.807) is 0 Å². The van der Waals surface area contributed by atoms with Crippen LogP contribution in [0.3, 0.4) is 0 Å². The van der Waals surface area contributed by atoms with E-state index in [9.17, 15) is 9.90 Å². The summed E-state index contributed by atoms with van der Waals surface area (Å²) in [5, 5.41) is 19.6. The zero-order valence-corrected chi connectivity index (χ0v) is 10.7. The van der Waals surface area contributed by atoms with Gasteiger partial charge in [-0.25, -0.2) is 0 Å². The van der Waals surface area contributed by atoms with Gasteiger partial charge in [0.25, 0.3) is 0 Å². The zero-order valence-electron chi connectivity index (χ0n) is 10.7. The van der Waals surface area contributed by atoms with Gasteiger partial charge in [0.2, 0.25) is 0 Å². The summed E-state index contributed by atoms with van der Waals surface area (Å²) in [6.07, 6.45) is 3.73. The van der Waals surface area contributed by atoms with E-state index in [2.05, 4.69) is 6.92 Å². The van der Waals surface area contributed by atoms with Crippen LogP contribution in [0.25, 0.3) is 0 Å². The Morgan fingerprint density at radius 1 is 1.33 bits per heavy atom. The molecule has 1 aliphatic carbocycles. The first-order chi connectivity index (χ1) is 8.56. The Morgan fingerprint density at radius 3 is 2.39 bits per heavy atom. The van der Waals surface area contributed by atoms with Crippen LogP contribution < -0.4 is 0 Å². The number of carboxylic acid groups (broad SMARTS) is 1. The lowest BCUT2D eigenvalue weighted by Crippen LogP contribution is -2.31. The van der Waals surface area contributed by atoms with E-state index in [0.29, 0.717) is 0 Å². The van der Waals surface area contributed by atoms with Gasteiger partial charge in [0.05, 0.1) is 6.42 Å². The zero-order chi connectivity index (χ0) is 13.2. The predicted molar refractivity (Wildman–Crippen MR) is 69.3 cm³/mol. The second-order valence-corrected chi connectivity index (χ2v) is 5.22. The molecule has 0 aromatic heterocycles. The first-order valence-corrected chi connectivity index (χ1v) is 6.60. The molecule has 0 aliphatic heterocycles. The maximum absolute atomic E-state index is 10.9. The molecule has 0 spiro atoms. The van der Waals surface area contributed by atoms with E-state index in [1.165, 1.54) is 5.56 Å². The Balaban J connectivity index is 2.22. The number of aliphatic hydroxyl groups is 1. The molecule has 2 rings (SSSR count). The Morgan fingerprint density at radius 2 is 1.94 bits per heavy atom. The predicted octanol–water partition coefficient (Wildman–Crippen LogP) is 2.71. The number of aryl methyl sites for hydroxylation is 1. The van der Waals surface area contributed by atoms with Gasteiger partial charge in [-0.15, -0.1) is 0 Å². The number of aliphatic carboxylic acids is 1. The molecule has 0 radical (unpaired) electrons. The first-order valence-electron chi connectivity index (χ1n) is 6.60. The quantitative estimate of drug-likeness (QED) is 0.813. The Hall–Kier alpha value is -1.35. The third-order valence-corrected chi connectivity index (χ3v) is 3.67. The van der Waals surface area contributed by atoms with E-state index in [0.717, 1.165) is 31.2 Å². The second kappa shape index (κ2) is 5.11. The molecule has 1 atom stereocenters. The van der Waals surface area contributed by atoms with Crippen LogP contribution >= 0.6 is 0 Å². The number of hydrogen-bond acceptors (Lipinski definition) is 2. The Labute approximate surface area is 107 Å². The van der Waals surface area contributed by atoms with Crippen LogP contribution in [-0.4, -0.2) is 16.2 Å². The number of benzene rings is 1. The molecule has 3 nitrogen and oxygen atoms in total. The summed E-state index contributed by atoms with van der Waals surface area (Å²) >= 11 is 0. The summed E-state index contributed by atoms with van der Waals surface area (Å²) in [5.74, 6) is -0.840. The lowest BCUT2D eigenvalue weighted by atomic mass is 9.85. The summed E-state index contributed by atoms with van der Waals surface area (Å²) in [6.45, 7) is 2.12.